The fourth-order valence-electron chi connectivity index (χ4n) is 4.70. The fraction of sp³-hybridized carbons (Fsp3) is 0.536. The summed E-state index contributed by atoms with van der Waals surface area (Å²) in [6, 6.07) is 4.53. The minimum atomic E-state index is -5.10. The number of nitrogens with zero attached hydrogens (tertiary/aromatic N) is 2. The quantitative estimate of drug-likeness (QED) is 0.332. The second-order valence-electron chi connectivity index (χ2n) is 12.0. The SMILES string of the molecule is CN1[C@H](CCC(C)(F)F)CN(c2ccc(F)cc2)c2cc(C(F)(F)F)c(OCC(C)(C)C(=O)NS(=O)(=O)C3CC3)cc2S1(=O)=O. The van der Waals surface area contributed by atoms with Crippen LogP contribution in [-0.4, -0.2) is 64.5 Å². The molecule has 1 aliphatic carbocycles. The number of fused-ring (bicyclic) bond motifs is 1. The van der Waals surface area contributed by atoms with Gasteiger partial charge in [0.15, 0.2) is 0 Å². The number of hydrogen-bond donors (Lipinski definition) is 1. The molecular formula is C28H33F6N3O6S2. The molecule has 1 heterocycles. The Kier molecular flexibility index (Phi) is 9.25. The molecule has 1 fully saturated rings. The number of rotatable bonds is 10. The summed E-state index contributed by atoms with van der Waals surface area (Å²) in [4.78, 5) is 13.3. The molecule has 9 nitrogen and oxygen atoms in total. The van der Waals surface area contributed by atoms with Crippen LogP contribution in [0.2, 0.25) is 0 Å². The minimum absolute atomic E-state index is 0.105. The Morgan fingerprint density at radius 1 is 1.04 bits per heavy atom. The zero-order chi connectivity index (χ0) is 33.8. The monoisotopic (exact) mass is 685 g/mol. The van der Waals surface area contributed by atoms with Crippen molar-refractivity contribution in [1.82, 2.24) is 9.03 Å². The second kappa shape index (κ2) is 12.0. The molecule has 1 atom stereocenters. The lowest BCUT2D eigenvalue weighted by atomic mass is 9.94. The highest BCUT2D eigenvalue weighted by Gasteiger charge is 2.44. The van der Waals surface area contributed by atoms with Gasteiger partial charge in [-0.05, 0) is 70.4 Å². The average Bonchev–Trinajstić information content (AvgIpc) is 3.77. The highest BCUT2D eigenvalue weighted by molar-refractivity contribution is 7.91. The van der Waals surface area contributed by atoms with Gasteiger partial charge in [-0.15, -0.1) is 0 Å². The van der Waals surface area contributed by atoms with Gasteiger partial charge in [0.1, 0.15) is 23.1 Å². The summed E-state index contributed by atoms with van der Waals surface area (Å²) >= 11 is 0. The molecule has 45 heavy (non-hydrogen) atoms. The lowest BCUT2D eigenvalue weighted by Crippen LogP contribution is -2.44. The predicted octanol–water partition coefficient (Wildman–Crippen LogP) is 5.43. The van der Waals surface area contributed by atoms with E-state index in [1.165, 1.54) is 30.9 Å². The molecule has 250 valence electrons. The molecule has 2 aromatic rings. The van der Waals surface area contributed by atoms with Gasteiger partial charge in [-0.25, -0.2) is 30.0 Å². The third kappa shape index (κ3) is 7.85. The van der Waals surface area contributed by atoms with E-state index in [4.69, 9.17) is 4.74 Å². The summed E-state index contributed by atoms with van der Waals surface area (Å²) in [6.07, 6.45) is -5.45. The van der Waals surface area contributed by atoms with Crippen molar-refractivity contribution in [3.8, 4) is 5.75 Å². The van der Waals surface area contributed by atoms with Gasteiger partial charge in [0.25, 0.3) is 0 Å². The maximum Gasteiger partial charge on any atom is 0.420 e. The van der Waals surface area contributed by atoms with E-state index in [-0.39, 0.29) is 18.7 Å². The van der Waals surface area contributed by atoms with Crippen LogP contribution < -0.4 is 14.4 Å². The Balaban J connectivity index is 1.80. The molecule has 0 saturated heterocycles. The first-order valence-electron chi connectivity index (χ1n) is 13.9. The van der Waals surface area contributed by atoms with Gasteiger partial charge in [-0.1, -0.05) is 0 Å². The van der Waals surface area contributed by atoms with Crippen LogP contribution in [0.4, 0.5) is 37.7 Å². The number of alkyl halides is 5. The third-order valence-electron chi connectivity index (χ3n) is 7.68. The van der Waals surface area contributed by atoms with Crippen LogP contribution in [0.25, 0.3) is 0 Å². The smallest absolute Gasteiger partial charge is 0.420 e. The van der Waals surface area contributed by atoms with Gasteiger partial charge >= 0.3 is 6.18 Å². The number of hydrogen-bond acceptors (Lipinski definition) is 7. The number of carbonyl (C=O) groups is 1. The molecule has 1 amide bonds. The highest BCUT2D eigenvalue weighted by atomic mass is 32.2. The maximum atomic E-state index is 14.4. The number of nitrogens with one attached hydrogen (secondary N) is 1. The lowest BCUT2D eigenvalue weighted by Gasteiger charge is -2.30. The zero-order valence-corrected chi connectivity index (χ0v) is 26.4. The van der Waals surface area contributed by atoms with Crippen LogP contribution in [0.3, 0.4) is 0 Å². The molecule has 2 aliphatic rings. The average molecular weight is 686 g/mol. The summed E-state index contributed by atoms with van der Waals surface area (Å²) in [5.41, 5.74) is -3.44. The molecule has 0 unspecified atom stereocenters. The molecular weight excluding hydrogens is 652 g/mol. The van der Waals surface area contributed by atoms with Crippen molar-refractivity contribution in [1.29, 1.82) is 0 Å². The molecule has 1 saturated carbocycles. The molecule has 0 spiro atoms. The van der Waals surface area contributed by atoms with Gasteiger partial charge < -0.3 is 9.64 Å². The Labute approximate surface area is 257 Å². The predicted molar refractivity (Wildman–Crippen MR) is 153 cm³/mol. The van der Waals surface area contributed by atoms with E-state index in [9.17, 15) is 48.0 Å². The number of sulfonamides is 2. The highest BCUT2D eigenvalue weighted by Crippen LogP contribution is 2.46. The van der Waals surface area contributed by atoms with Crippen LogP contribution in [0.1, 0.15) is 52.0 Å². The van der Waals surface area contributed by atoms with Crippen molar-refractivity contribution in [3.63, 3.8) is 0 Å². The standard InChI is InChI=1S/C28H33F6N3O6S2/c1-26(2,25(38)35-44(39,40)20-9-10-20)16-43-23-14-24-22(13-21(23)28(32,33)34)37(18-7-5-17(29)6-8-18)15-19(11-12-27(3,30)31)36(4)45(24,41)42/h5-8,13-14,19-20H,9-12,15-16H2,1-4H3,(H,35,38)/t19-/m1/s1. The summed E-state index contributed by atoms with van der Waals surface area (Å²) in [7, 11) is -7.49. The number of anilines is 2. The van der Waals surface area contributed by atoms with E-state index in [1.807, 2.05) is 4.72 Å². The van der Waals surface area contributed by atoms with E-state index in [0.29, 0.717) is 31.9 Å². The Hall–Kier alpha value is -3.05. The fourth-order valence-corrected chi connectivity index (χ4v) is 7.72. The van der Waals surface area contributed by atoms with Gasteiger partial charge in [-0.3, -0.25) is 9.52 Å². The van der Waals surface area contributed by atoms with Crippen molar-refractivity contribution in [2.45, 2.75) is 74.7 Å². The van der Waals surface area contributed by atoms with Crippen molar-refractivity contribution in [3.05, 3.63) is 47.8 Å². The van der Waals surface area contributed by atoms with Crippen LogP contribution in [0.5, 0.6) is 5.75 Å². The third-order valence-corrected chi connectivity index (χ3v) is 11.4. The van der Waals surface area contributed by atoms with Crippen molar-refractivity contribution >= 4 is 37.3 Å². The van der Waals surface area contributed by atoms with Gasteiger partial charge in [0.2, 0.25) is 31.9 Å². The van der Waals surface area contributed by atoms with Crippen LogP contribution in [0.15, 0.2) is 41.3 Å². The first-order valence-corrected chi connectivity index (χ1v) is 16.8. The molecule has 0 bridgehead atoms. The van der Waals surface area contributed by atoms with Gasteiger partial charge in [0.05, 0.1) is 21.9 Å². The van der Waals surface area contributed by atoms with Crippen molar-refractivity contribution in [2.24, 2.45) is 5.41 Å². The molecule has 0 aromatic heterocycles. The largest absolute Gasteiger partial charge is 0.492 e. The summed E-state index contributed by atoms with van der Waals surface area (Å²) in [5, 5.41) is -0.738. The molecule has 17 heteroatoms. The Morgan fingerprint density at radius 2 is 1.64 bits per heavy atom. The van der Waals surface area contributed by atoms with Crippen LogP contribution >= 0.6 is 0 Å². The first kappa shape index (κ1) is 34.8. The number of amides is 1. The summed E-state index contributed by atoms with van der Waals surface area (Å²) in [6.45, 7) is 2.04. The molecule has 2 aromatic carbocycles. The van der Waals surface area contributed by atoms with Crippen molar-refractivity contribution < 1.29 is 52.7 Å². The normalized spacial score (nSPS) is 19.5. The number of ether oxygens (including phenoxy) is 1. The van der Waals surface area contributed by atoms with Crippen LogP contribution in [0, 0.1) is 11.2 Å². The second-order valence-corrected chi connectivity index (χ2v) is 16.0. The van der Waals surface area contributed by atoms with Gasteiger partial charge in [-0.2, -0.15) is 17.5 Å². The van der Waals surface area contributed by atoms with E-state index in [1.54, 1.807) is 0 Å². The summed E-state index contributed by atoms with van der Waals surface area (Å²) in [5.74, 6) is -5.81. The molecule has 1 aliphatic heterocycles. The Morgan fingerprint density at radius 3 is 2.18 bits per heavy atom. The van der Waals surface area contributed by atoms with E-state index in [2.05, 4.69) is 0 Å². The molecule has 1 N–H and O–H groups in total. The first-order chi connectivity index (χ1) is 20.5. The molecule has 0 radical (unpaired) electrons. The minimum Gasteiger partial charge on any atom is -0.492 e. The van der Waals surface area contributed by atoms with E-state index < -0.39 is 95.5 Å². The summed E-state index contributed by atoms with van der Waals surface area (Å²) < 4.78 is 145. The van der Waals surface area contributed by atoms with E-state index >= 15 is 0 Å². The zero-order valence-electron chi connectivity index (χ0n) is 24.8. The van der Waals surface area contributed by atoms with Crippen LogP contribution in [-0.2, 0) is 31.0 Å². The number of likely N-dealkylation sites (N-methyl/N-ethyl adjacent to an activating group) is 1. The lowest BCUT2D eigenvalue weighted by molar-refractivity contribution is -0.139. The topological polar surface area (TPSA) is 113 Å². The number of halogens is 6. The number of benzene rings is 2. The molecule has 4 rings (SSSR count). The van der Waals surface area contributed by atoms with Gasteiger partial charge in [0, 0.05) is 37.8 Å². The van der Waals surface area contributed by atoms with Crippen molar-refractivity contribution in [2.75, 3.05) is 25.1 Å². The van der Waals surface area contributed by atoms with E-state index in [0.717, 1.165) is 23.5 Å². The number of carbonyl (C=O) groups excluding carboxylic acids is 1. The Bertz CT molecular complexity index is 1650. The maximum absolute atomic E-state index is 14.4.